The van der Waals surface area contributed by atoms with Crippen molar-refractivity contribution in [1.82, 2.24) is 4.90 Å². The number of sulfonamides is 1. The molecule has 0 aliphatic carbocycles. The van der Waals surface area contributed by atoms with Gasteiger partial charge in [-0.3, -0.25) is 4.79 Å². The van der Waals surface area contributed by atoms with Crippen LogP contribution in [0.2, 0.25) is 0 Å². The second-order valence-corrected chi connectivity index (χ2v) is 7.82. The van der Waals surface area contributed by atoms with Gasteiger partial charge in [-0.15, -0.1) is 23.7 Å². The van der Waals surface area contributed by atoms with Gasteiger partial charge in [0.05, 0.1) is 5.56 Å². The zero-order valence-corrected chi connectivity index (χ0v) is 14.7. The molecule has 0 fully saturated rings. The lowest BCUT2D eigenvalue weighted by molar-refractivity contribution is 0.0789. The van der Waals surface area contributed by atoms with Crippen molar-refractivity contribution in [2.75, 3.05) is 13.6 Å². The molecule has 21 heavy (non-hydrogen) atoms. The fourth-order valence-corrected chi connectivity index (χ4v) is 3.15. The largest absolute Gasteiger partial charge is 0.342 e. The Morgan fingerprint density at radius 2 is 2.00 bits per heavy atom. The topological polar surface area (TPSA) is 106 Å². The van der Waals surface area contributed by atoms with Crippen LogP contribution in [-0.4, -0.2) is 38.9 Å². The Morgan fingerprint density at radius 3 is 2.43 bits per heavy atom. The molecule has 1 aromatic heterocycles. The summed E-state index contributed by atoms with van der Waals surface area (Å²) in [5.41, 5.74) is 6.27. The highest BCUT2D eigenvalue weighted by Crippen LogP contribution is 2.20. The molecule has 1 atom stereocenters. The van der Waals surface area contributed by atoms with E-state index in [0.717, 1.165) is 11.3 Å². The highest BCUT2D eigenvalue weighted by atomic mass is 35.5. The first-order valence-corrected chi connectivity index (χ1v) is 8.68. The number of nitrogens with zero attached hydrogens (tertiary/aromatic N) is 1. The number of primary sulfonamides is 1. The van der Waals surface area contributed by atoms with Crippen LogP contribution in [0, 0.1) is 5.92 Å². The van der Waals surface area contributed by atoms with E-state index in [1.54, 1.807) is 7.05 Å². The highest BCUT2D eigenvalue weighted by molar-refractivity contribution is 7.91. The molecule has 122 valence electrons. The smallest absolute Gasteiger partial charge is 0.254 e. The molecule has 0 saturated heterocycles. The Kier molecular flexibility index (Phi) is 7.83. The van der Waals surface area contributed by atoms with E-state index in [0.29, 0.717) is 24.4 Å². The molecular formula is C12H22ClN3O3S2. The lowest BCUT2D eigenvalue weighted by Crippen LogP contribution is -2.34. The number of halogens is 1. The van der Waals surface area contributed by atoms with Gasteiger partial charge in [-0.25, -0.2) is 13.6 Å². The first-order valence-electron chi connectivity index (χ1n) is 6.25. The molecule has 1 rings (SSSR count). The molecule has 6 nitrogen and oxygen atoms in total. The Hall–Kier alpha value is -0.670. The molecule has 1 aromatic rings. The van der Waals surface area contributed by atoms with Crippen LogP contribution in [0.15, 0.2) is 15.7 Å². The van der Waals surface area contributed by atoms with Crippen molar-refractivity contribution < 1.29 is 13.2 Å². The van der Waals surface area contributed by atoms with Crippen molar-refractivity contribution in [3.8, 4) is 0 Å². The van der Waals surface area contributed by atoms with Crippen LogP contribution in [0.1, 0.15) is 30.6 Å². The Labute approximate surface area is 136 Å². The fourth-order valence-electron chi connectivity index (χ4n) is 1.58. The molecule has 1 unspecified atom stereocenters. The first-order chi connectivity index (χ1) is 9.12. The number of hydrogen-bond donors (Lipinski definition) is 2. The summed E-state index contributed by atoms with van der Waals surface area (Å²) in [6.07, 6.45) is 0.700. The standard InChI is InChI=1S/C12H21N3O3S2.ClH/c1-8(2)10(13)4-5-15(3)12(16)9-6-11(19-7-9)20(14,17)18;/h6-8,10H,4-5,13H2,1-3H3,(H2,14,17,18);1H. The number of rotatable bonds is 6. The van der Waals surface area contributed by atoms with Gasteiger partial charge in [0, 0.05) is 25.0 Å². The number of amides is 1. The predicted octanol–water partition coefficient (Wildman–Crippen LogP) is 1.26. The van der Waals surface area contributed by atoms with Gasteiger partial charge in [0.1, 0.15) is 4.21 Å². The van der Waals surface area contributed by atoms with Crippen LogP contribution in [0.25, 0.3) is 0 Å². The number of nitrogens with two attached hydrogens (primary N) is 2. The molecule has 1 amide bonds. The van der Waals surface area contributed by atoms with Crippen LogP contribution in [0.3, 0.4) is 0 Å². The summed E-state index contributed by atoms with van der Waals surface area (Å²) >= 11 is 0.946. The second kappa shape index (κ2) is 8.09. The summed E-state index contributed by atoms with van der Waals surface area (Å²) in [7, 11) is -2.08. The molecule has 9 heteroatoms. The molecule has 0 saturated carbocycles. The maximum absolute atomic E-state index is 12.1. The van der Waals surface area contributed by atoms with Crippen molar-refractivity contribution in [1.29, 1.82) is 0 Å². The molecule has 0 aliphatic heterocycles. The summed E-state index contributed by atoms with van der Waals surface area (Å²) in [4.78, 5) is 13.7. The molecule has 0 aromatic carbocycles. The van der Waals surface area contributed by atoms with E-state index in [9.17, 15) is 13.2 Å². The third-order valence-corrected chi connectivity index (χ3v) is 5.49. The number of carbonyl (C=O) groups is 1. The van der Waals surface area contributed by atoms with Crippen molar-refractivity contribution in [3.05, 3.63) is 17.0 Å². The number of hydrogen-bond acceptors (Lipinski definition) is 5. The molecule has 0 bridgehead atoms. The Bertz CT molecular complexity index is 572. The number of carbonyl (C=O) groups excluding carboxylic acids is 1. The minimum atomic E-state index is -3.75. The first kappa shape index (κ1) is 20.3. The van der Waals surface area contributed by atoms with Gasteiger partial charge in [0.2, 0.25) is 10.0 Å². The summed E-state index contributed by atoms with van der Waals surface area (Å²) in [6.45, 7) is 4.59. The predicted molar refractivity (Wildman–Crippen MR) is 87.3 cm³/mol. The Morgan fingerprint density at radius 1 is 1.43 bits per heavy atom. The zero-order valence-electron chi connectivity index (χ0n) is 12.3. The Balaban J connectivity index is 0.00000400. The van der Waals surface area contributed by atoms with E-state index in [1.807, 2.05) is 13.8 Å². The lowest BCUT2D eigenvalue weighted by atomic mass is 10.0. The minimum Gasteiger partial charge on any atom is -0.342 e. The molecule has 0 aliphatic rings. The number of thiophene rings is 1. The van der Waals surface area contributed by atoms with E-state index in [2.05, 4.69) is 0 Å². The van der Waals surface area contributed by atoms with E-state index >= 15 is 0 Å². The van der Waals surface area contributed by atoms with Gasteiger partial charge in [-0.05, 0) is 18.4 Å². The quantitative estimate of drug-likeness (QED) is 0.801. The van der Waals surface area contributed by atoms with Gasteiger partial charge in [-0.2, -0.15) is 0 Å². The van der Waals surface area contributed by atoms with Crippen molar-refractivity contribution in [2.24, 2.45) is 16.8 Å². The van der Waals surface area contributed by atoms with Crippen LogP contribution in [0.5, 0.6) is 0 Å². The van der Waals surface area contributed by atoms with E-state index in [1.165, 1.54) is 16.3 Å². The van der Waals surface area contributed by atoms with Gasteiger partial charge in [-0.1, -0.05) is 13.8 Å². The fraction of sp³-hybridized carbons (Fsp3) is 0.583. The average molecular weight is 356 g/mol. The average Bonchev–Trinajstić information content (AvgIpc) is 2.83. The third kappa shape index (κ3) is 5.91. The van der Waals surface area contributed by atoms with E-state index in [-0.39, 0.29) is 28.6 Å². The van der Waals surface area contributed by atoms with Gasteiger partial charge < -0.3 is 10.6 Å². The van der Waals surface area contributed by atoms with Crippen LogP contribution < -0.4 is 10.9 Å². The minimum absolute atomic E-state index is 0. The van der Waals surface area contributed by atoms with Gasteiger partial charge in [0.15, 0.2) is 0 Å². The summed E-state index contributed by atoms with van der Waals surface area (Å²) in [5.74, 6) is 0.126. The normalized spacial score (nSPS) is 12.9. The monoisotopic (exact) mass is 355 g/mol. The second-order valence-electron chi connectivity index (χ2n) is 5.12. The highest BCUT2D eigenvalue weighted by Gasteiger charge is 2.18. The lowest BCUT2D eigenvalue weighted by Gasteiger charge is -2.21. The summed E-state index contributed by atoms with van der Waals surface area (Å²) in [6, 6.07) is 1.34. The molecular weight excluding hydrogens is 334 g/mol. The van der Waals surface area contributed by atoms with Crippen LogP contribution in [0.4, 0.5) is 0 Å². The molecule has 1 heterocycles. The van der Waals surface area contributed by atoms with Crippen molar-refractivity contribution in [3.63, 3.8) is 0 Å². The SMILES string of the molecule is CC(C)C(N)CCN(C)C(=O)c1csc(S(N)(=O)=O)c1.Cl. The summed E-state index contributed by atoms with van der Waals surface area (Å²) in [5, 5.41) is 6.52. The molecule has 0 radical (unpaired) electrons. The third-order valence-electron chi connectivity index (χ3n) is 3.10. The van der Waals surface area contributed by atoms with Gasteiger partial charge >= 0.3 is 0 Å². The van der Waals surface area contributed by atoms with E-state index < -0.39 is 10.0 Å². The molecule has 4 N–H and O–H groups in total. The summed E-state index contributed by atoms with van der Waals surface area (Å²) < 4.78 is 22.3. The maximum Gasteiger partial charge on any atom is 0.254 e. The van der Waals surface area contributed by atoms with E-state index in [4.69, 9.17) is 10.9 Å². The maximum atomic E-state index is 12.1. The van der Waals surface area contributed by atoms with Crippen molar-refractivity contribution in [2.45, 2.75) is 30.5 Å². The van der Waals surface area contributed by atoms with Crippen LogP contribution >= 0.6 is 23.7 Å². The van der Waals surface area contributed by atoms with Crippen molar-refractivity contribution >= 4 is 39.7 Å². The zero-order chi connectivity index (χ0) is 15.5. The van der Waals surface area contributed by atoms with Crippen LogP contribution in [-0.2, 0) is 10.0 Å². The molecule has 0 spiro atoms. The van der Waals surface area contributed by atoms with Gasteiger partial charge in [0.25, 0.3) is 5.91 Å².